The van der Waals surface area contributed by atoms with Crippen molar-refractivity contribution in [3.63, 3.8) is 0 Å². The fourth-order valence-electron chi connectivity index (χ4n) is 1.05. The van der Waals surface area contributed by atoms with Crippen LogP contribution in [0, 0.1) is 0 Å². The first-order chi connectivity index (χ1) is 5.81. The smallest absolute Gasteiger partial charge is 0.169 e. The molecule has 0 atom stereocenters. The van der Waals surface area contributed by atoms with Crippen LogP contribution < -0.4 is 0 Å². The zero-order valence-electron chi connectivity index (χ0n) is 6.07. The number of aldehydes is 1. The maximum atomic E-state index is 10.4. The Balaban J connectivity index is 2.79. The number of hydrogen-bond donors (Lipinski definition) is 0. The Labute approximate surface area is 77.2 Å². The van der Waals surface area contributed by atoms with E-state index in [0.29, 0.717) is 5.69 Å². The van der Waals surface area contributed by atoms with Gasteiger partial charge in [0.2, 0.25) is 0 Å². The summed E-state index contributed by atoms with van der Waals surface area (Å²) in [6.45, 7) is 0. The van der Waals surface area contributed by atoms with E-state index in [1.54, 1.807) is 12.4 Å². The topological polar surface area (TPSA) is 34.4 Å². The number of hydrogen-bond acceptors (Lipinski definition) is 2. The zero-order chi connectivity index (χ0) is 8.55. The third-order valence-corrected chi connectivity index (χ3v) is 2.27. The molecule has 0 spiro atoms. The van der Waals surface area contributed by atoms with Gasteiger partial charge in [0.25, 0.3) is 0 Å². The van der Waals surface area contributed by atoms with Crippen LogP contribution in [0.4, 0.5) is 0 Å². The highest BCUT2D eigenvalue weighted by Crippen LogP contribution is 2.14. The highest BCUT2D eigenvalue weighted by Gasteiger charge is 1.99. The molecule has 2 rings (SSSR count). The van der Waals surface area contributed by atoms with Gasteiger partial charge in [-0.2, -0.15) is 0 Å². The second kappa shape index (κ2) is 2.71. The van der Waals surface area contributed by atoms with Crippen molar-refractivity contribution in [1.29, 1.82) is 0 Å². The van der Waals surface area contributed by atoms with Crippen molar-refractivity contribution in [3.05, 3.63) is 34.8 Å². The summed E-state index contributed by atoms with van der Waals surface area (Å²) in [6, 6.07) is 3.83. The molecule has 2 aromatic heterocycles. The molecule has 0 bridgehead atoms. The van der Waals surface area contributed by atoms with Gasteiger partial charge in [-0.15, -0.1) is 0 Å². The summed E-state index contributed by atoms with van der Waals surface area (Å²) in [5.41, 5.74) is 1.40. The van der Waals surface area contributed by atoms with E-state index >= 15 is 0 Å². The molecule has 0 fully saturated rings. The summed E-state index contributed by atoms with van der Waals surface area (Å²) in [4.78, 5) is 14.3. The van der Waals surface area contributed by atoms with Gasteiger partial charge in [-0.05, 0) is 28.1 Å². The van der Waals surface area contributed by atoms with Gasteiger partial charge in [0.05, 0.1) is 16.3 Å². The molecule has 0 N–H and O–H groups in total. The number of halogens is 1. The largest absolute Gasteiger partial charge is 0.307 e. The number of rotatable bonds is 1. The van der Waals surface area contributed by atoms with E-state index in [4.69, 9.17) is 0 Å². The lowest BCUT2D eigenvalue weighted by atomic mass is 10.5. The average Bonchev–Trinajstić information content (AvgIpc) is 2.47. The van der Waals surface area contributed by atoms with Gasteiger partial charge in [-0.1, -0.05) is 0 Å². The molecule has 0 saturated heterocycles. The molecule has 12 heavy (non-hydrogen) atoms. The van der Waals surface area contributed by atoms with Gasteiger partial charge in [-0.3, -0.25) is 4.79 Å². The Morgan fingerprint density at radius 1 is 1.50 bits per heavy atom. The molecule has 0 aliphatic carbocycles. The predicted octanol–water partition coefficient (Wildman–Crippen LogP) is 1.91. The molecule has 4 heteroatoms. The Morgan fingerprint density at radius 2 is 2.33 bits per heavy atom. The Kier molecular flexibility index (Phi) is 1.69. The Hall–Kier alpha value is -1.16. The van der Waals surface area contributed by atoms with Crippen molar-refractivity contribution in [3.8, 4) is 0 Å². The summed E-state index contributed by atoms with van der Waals surface area (Å²) >= 11 is 3.35. The minimum Gasteiger partial charge on any atom is -0.307 e. The van der Waals surface area contributed by atoms with Crippen molar-refractivity contribution in [2.45, 2.75) is 0 Å². The van der Waals surface area contributed by atoms with Gasteiger partial charge in [0.1, 0.15) is 5.69 Å². The molecule has 0 aromatic carbocycles. The van der Waals surface area contributed by atoms with Crippen LogP contribution in [0.1, 0.15) is 10.5 Å². The Bertz CT molecular complexity index is 436. The number of aromatic nitrogens is 2. The van der Waals surface area contributed by atoms with Crippen LogP contribution >= 0.6 is 15.9 Å². The second-order valence-electron chi connectivity index (χ2n) is 2.38. The predicted molar refractivity (Wildman–Crippen MR) is 48.3 cm³/mol. The van der Waals surface area contributed by atoms with Crippen molar-refractivity contribution >= 4 is 27.7 Å². The van der Waals surface area contributed by atoms with E-state index in [-0.39, 0.29) is 0 Å². The van der Waals surface area contributed by atoms with Crippen LogP contribution in [0.2, 0.25) is 0 Å². The molecule has 2 heterocycles. The van der Waals surface area contributed by atoms with Crippen LogP contribution in [0.3, 0.4) is 0 Å². The van der Waals surface area contributed by atoms with E-state index in [1.165, 1.54) is 0 Å². The van der Waals surface area contributed by atoms with Gasteiger partial charge in [0.15, 0.2) is 6.29 Å². The molecule has 2 aromatic rings. The van der Waals surface area contributed by atoms with E-state index < -0.39 is 0 Å². The number of fused-ring (bicyclic) bond motifs is 1. The molecular formula is C8H5BrN2O. The molecule has 60 valence electrons. The summed E-state index contributed by atoms with van der Waals surface area (Å²) in [5, 5.41) is 0. The second-order valence-corrected chi connectivity index (χ2v) is 3.19. The quantitative estimate of drug-likeness (QED) is 0.694. The first-order valence-electron chi connectivity index (χ1n) is 3.39. The van der Waals surface area contributed by atoms with Crippen molar-refractivity contribution in [2.24, 2.45) is 0 Å². The third kappa shape index (κ3) is 1.04. The highest BCUT2D eigenvalue weighted by molar-refractivity contribution is 9.10. The molecule has 0 unspecified atom stereocenters. The SMILES string of the molecule is O=Cc1cn2c(Br)ccc2cn1. The molecule has 0 radical (unpaired) electrons. The fourth-order valence-corrected chi connectivity index (χ4v) is 1.49. The highest BCUT2D eigenvalue weighted by atomic mass is 79.9. The first kappa shape index (κ1) is 7.49. The minimum absolute atomic E-state index is 0.430. The molecular weight excluding hydrogens is 220 g/mol. The van der Waals surface area contributed by atoms with Crippen LogP contribution in [-0.2, 0) is 0 Å². The lowest BCUT2D eigenvalue weighted by Crippen LogP contribution is -1.91. The van der Waals surface area contributed by atoms with Crippen LogP contribution in [0.25, 0.3) is 5.52 Å². The van der Waals surface area contributed by atoms with E-state index in [1.807, 2.05) is 16.5 Å². The monoisotopic (exact) mass is 224 g/mol. The normalized spacial score (nSPS) is 10.4. The third-order valence-electron chi connectivity index (χ3n) is 1.63. The van der Waals surface area contributed by atoms with Crippen LogP contribution in [0.5, 0.6) is 0 Å². The molecule has 0 amide bonds. The molecule has 3 nitrogen and oxygen atoms in total. The van der Waals surface area contributed by atoms with Crippen LogP contribution in [-0.4, -0.2) is 15.7 Å². The lowest BCUT2D eigenvalue weighted by Gasteiger charge is -1.95. The fraction of sp³-hybridized carbons (Fsp3) is 0. The van der Waals surface area contributed by atoms with Crippen LogP contribution in [0.15, 0.2) is 29.1 Å². The van der Waals surface area contributed by atoms with Crippen molar-refractivity contribution in [2.75, 3.05) is 0 Å². The lowest BCUT2D eigenvalue weighted by molar-refractivity contribution is 0.111. The maximum Gasteiger partial charge on any atom is 0.169 e. The zero-order valence-corrected chi connectivity index (χ0v) is 7.65. The van der Waals surface area contributed by atoms with Crippen molar-refractivity contribution in [1.82, 2.24) is 9.38 Å². The number of carbonyl (C=O) groups excluding carboxylic acids is 1. The summed E-state index contributed by atoms with van der Waals surface area (Å²) in [5.74, 6) is 0. The van der Waals surface area contributed by atoms with Gasteiger partial charge < -0.3 is 4.40 Å². The minimum atomic E-state index is 0.430. The molecule has 0 aliphatic heterocycles. The van der Waals surface area contributed by atoms with Gasteiger partial charge >= 0.3 is 0 Å². The first-order valence-corrected chi connectivity index (χ1v) is 4.18. The van der Waals surface area contributed by atoms with E-state index in [2.05, 4.69) is 20.9 Å². The number of nitrogens with zero attached hydrogens (tertiary/aromatic N) is 2. The van der Waals surface area contributed by atoms with Gasteiger partial charge in [0, 0.05) is 6.20 Å². The van der Waals surface area contributed by atoms with Gasteiger partial charge in [-0.25, -0.2) is 4.98 Å². The van der Waals surface area contributed by atoms with Crippen molar-refractivity contribution < 1.29 is 4.79 Å². The molecule has 0 saturated carbocycles. The Morgan fingerprint density at radius 3 is 3.08 bits per heavy atom. The summed E-state index contributed by atoms with van der Waals surface area (Å²) in [7, 11) is 0. The van der Waals surface area contributed by atoms with E-state index in [0.717, 1.165) is 16.4 Å². The van der Waals surface area contributed by atoms with E-state index in [9.17, 15) is 4.79 Å². The molecule has 0 aliphatic rings. The number of carbonyl (C=O) groups is 1. The average molecular weight is 225 g/mol. The summed E-state index contributed by atoms with van der Waals surface area (Å²) in [6.07, 6.45) is 4.08. The standard InChI is InChI=1S/C8H5BrN2O/c9-8-2-1-7-3-10-6(5-12)4-11(7)8/h1-5H. The summed E-state index contributed by atoms with van der Waals surface area (Å²) < 4.78 is 2.78. The maximum absolute atomic E-state index is 10.4.